The second-order valence-corrected chi connectivity index (χ2v) is 13.1. The fourth-order valence-corrected chi connectivity index (χ4v) is 9.49. The van der Waals surface area contributed by atoms with Gasteiger partial charge in [0.15, 0.2) is 11.5 Å². The van der Waals surface area contributed by atoms with E-state index in [2.05, 4.69) is 22.3 Å². The van der Waals surface area contributed by atoms with E-state index in [1.165, 1.54) is 6.92 Å². The van der Waals surface area contributed by atoms with Crippen LogP contribution in [0.5, 0.6) is 11.5 Å². The number of sulfonamides is 1. The average Bonchev–Trinajstić information content (AvgIpc) is 3.24. The Kier molecular flexibility index (Phi) is 6.32. The number of benzene rings is 2. The molecule has 2 aromatic carbocycles. The summed E-state index contributed by atoms with van der Waals surface area (Å²) < 4.78 is 49.0. The van der Waals surface area contributed by atoms with Crippen molar-refractivity contribution in [1.82, 2.24) is 9.62 Å². The number of hydrogen-bond acceptors (Lipinski definition) is 7. The molecular weight excluding hydrogens is 516 g/mol. The van der Waals surface area contributed by atoms with Crippen molar-refractivity contribution in [2.75, 3.05) is 20.2 Å². The molecule has 5 atom stereocenters. The molecule has 1 N–H and O–H groups in total. The van der Waals surface area contributed by atoms with Crippen LogP contribution in [0.2, 0.25) is 0 Å². The van der Waals surface area contributed by atoms with Gasteiger partial charge in [-0.15, -0.1) is 6.58 Å². The van der Waals surface area contributed by atoms with Crippen LogP contribution in [0.1, 0.15) is 48.4 Å². The lowest BCUT2D eigenvalue weighted by molar-refractivity contribution is -0.217. The van der Waals surface area contributed by atoms with E-state index in [4.69, 9.17) is 14.2 Å². The number of nitrogens with zero attached hydrogens (tertiary/aromatic N) is 1. The summed E-state index contributed by atoms with van der Waals surface area (Å²) in [5.41, 5.74) is 2.30. The second kappa shape index (κ2) is 9.35. The smallest absolute Gasteiger partial charge is 0.303 e. The molecule has 0 radical (unpaired) electrons. The number of carbonyl (C=O) groups excluding carboxylic acids is 1. The minimum absolute atomic E-state index is 0.0735. The SMILES string of the molecule is C=CCN1CC[C@]23c4c5ccc(OC)c4O[C@H]2[C@H](NS(=O)(=O)Cc2ccccc2C)CC[C@@]3(OC(C)=O)[C@H]1C5. The molecule has 2 aromatic rings. The van der Waals surface area contributed by atoms with Gasteiger partial charge >= 0.3 is 5.97 Å². The van der Waals surface area contributed by atoms with E-state index < -0.39 is 33.2 Å². The molecule has 8 nitrogen and oxygen atoms in total. The summed E-state index contributed by atoms with van der Waals surface area (Å²) in [6, 6.07) is 11.0. The average molecular weight is 553 g/mol. The molecule has 0 amide bonds. The molecule has 6 rings (SSSR count). The third-order valence-electron chi connectivity index (χ3n) is 9.36. The van der Waals surface area contributed by atoms with Crippen LogP contribution >= 0.6 is 0 Å². The van der Waals surface area contributed by atoms with Crippen molar-refractivity contribution in [2.24, 2.45) is 0 Å². The maximum absolute atomic E-state index is 13.5. The number of nitrogens with one attached hydrogen (secondary N) is 1. The molecule has 2 aliphatic carbocycles. The Labute approximate surface area is 230 Å². The Morgan fingerprint density at radius 2 is 2.05 bits per heavy atom. The monoisotopic (exact) mass is 552 g/mol. The maximum Gasteiger partial charge on any atom is 0.303 e. The number of likely N-dealkylation sites (tertiary alicyclic amines) is 1. The van der Waals surface area contributed by atoms with Crippen LogP contribution in [0.4, 0.5) is 0 Å². The lowest BCUT2D eigenvalue weighted by Gasteiger charge is -2.65. The summed E-state index contributed by atoms with van der Waals surface area (Å²) in [4.78, 5) is 15.1. The summed E-state index contributed by atoms with van der Waals surface area (Å²) >= 11 is 0. The van der Waals surface area contributed by atoms with Gasteiger partial charge in [0.25, 0.3) is 0 Å². The van der Waals surface area contributed by atoms with Gasteiger partial charge in [0.05, 0.1) is 30.4 Å². The van der Waals surface area contributed by atoms with Crippen molar-refractivity contribution in [3.05, 3.63) is 71.3 Å². The highest BCUT2D eigenvalue weighted by Gasteiger charge is 2.75. The summed E-state index contributed by atoms with van der Waals surface area (Å²) in [7, 11) is -2.08. The molecule has 2 aliphatic heterocycles. The van der Waals surface area contributed by atoms with Crippen molar-refractivity contribution in [1.29, 1.82) is 0 Å². The van der Waals surface area contributed by atoms with Gasteiger partial charge in [-0.25, -0.2) is 13.1 Å². The third-order valence-corrected chi connectivity index (χ3v) is 10.7. The number of aryl methyl sites for hydroxylation is 1. The number of ether oxygens (including phenoxy) is 3. The first kappa shape index (κ1) is 26.3. The highest BCUT2D eigenvalue weighted by molar-refractivity contribution is 7.88. The predicted octanol–water partition coefficient (Wildman–Crippen LogP) is 3.40. The fourth-order valence-electron chi connectivity index (χ4n) is 7.97. The van der Waals surface area contributed by atoms with Crippen LogP contribution in [0.25, 0.3) is 0 Å². The molecule has 39 heavy (non-hydrogen) atoms. The molecule has 0 aromatic heterocycles. The van der Waals surface area contributed by atoms with Gasteiger partial charge < -0.3 is 14.2 Å². The Bertz CT molecular complexity index is 1440. The summed E-state index contributed by atoms with van der Waals surface area (Å²) in [5, 5.41) is 0. The van der Waals surface area contributed by atoms with E-state index in [-0.39, 0.29) is 17.8 Å². The minimum Gasteiger partial charge on any atom is -0.493 e. The van der Waals surface area contributed by atoms with Gasteiger partial charge in [0.1, 0.15) is 11.7 Å². The quantitative estimate of drug-likeness (QED) is 0.396. The normalized spacial score (nSPS) is 30.7. The highest BCUT2D eigenvalue weighted by atomic mass is 32.2. The Morgan fingerprint density at radius 3 is 2.77 bits per heavy atom. The van der Waals surface area contributed by atoms with E-state index in [1.807, 2.05) is 43.3 Å². The summed E-state index contributed by atoms with van der Waals surface area (Å²) in [5.74, 6) is 0.819. The van der Waals surface area contributed by atoms with Crippen molar-refractivity contribution >= 4 is 16.0 Å². The number of piperidine rings is 1. The molecule has 208 valence electrons. The third kappa shape index (κ3) is 3.84. The molecule has 1 saturated carbocycles. The lowest BCUT2D eigenvalue weighted by atomic mass is 9.48. The van der Waals surface area contributed by atoms with E-state index in [0.29, 0.717) is 43.7 Å². The maximum atomic E-state index is 13.5. The van der Waals surface area contributed by atoms with E-state index in [0.717, 1.165) is 28.8 Å². The Morgan fingerprint density at radius 1 is 1.26 bits per heavy atom. The molecule has 2 bridgehead atoms. The van der Waals surface area contributed by atoms with Gasteiger partial charge in [0, 0.05) is 25.6 Å². The number of hydrogen-bond donors (Lipinski definition) is 1. The Hall–Kier alpha value is -2.88. The first-order chi connectivity index (χ1) is 18.7. The van der Waals surface area contributed by atoms with Gasteiger partial charge in [-0.3, -0.25) is 9.69 Å². The molecule has 2 fully saturated rings. The van der Waals surface area contributed by atoms with Crippen LogP contribution in [0.15, 0.2) is 49.1 Å². The number of rotatable bonds is 8. The molecule has 2 heterocycles. The van der Waals surface area contributed by atoms with Crippen LogP contribution in [0.3, 0.4) is 0 Å². The van der Waals surface area contributed by atoms with Crippen molar-refractivity contribution in [2.45, 2.75) is 74.5 Å². The van der Waals surface area contributed by atoms with Crippen LogP contribution in [0, 0.1) is 6.92 Å². The minimum atomic E-state index is -3.69. The lowest BCUT2D eigenvalue weighted by Crippen LogP contribution is -2.79. The van der Waals surface area contributed by atoms with Gasteiger partial charge in [-0.2, -0.15) is 0 Å². The first-order valence-corrected chi connectivity index (χ1v) is 15.3. The largest absolute Gasteiger partial charge is 0.493 e. The van der Waals surface area contributed by atoms with Gasteiger partial charge in [-0.05, 0) is 55.4 Å². The molecule has 0 unspecified atom stereocenters. The second-order valence-electron chi connectivity index (χ2n) is 11.3. The van der Waals surface area contributed by atoms with Crippen molar-refractivity contribution in [3.8, 4) is 11.5 Å². The summed E-state index contributed by atoms with van der Waals surface area (Å²) in [6.07, 6.45) is 3.72. The molecule has 4 aliphatic rings. The topological polar surface area (TPSA) is 94.2 Å². The summed E-state index contributed by atoms with van der Waals surface area (Å²) in [6.45, 7) is 8.79. The standard InChI is InChI=1S/C30H36N2O6S/c1-5-15-32-16-14-29-26-21-10-11-24(36-4)27(26)37-28(29)23(12-13-30(29,25(32)17-21)38-20(3)33)31-39(34,35)18-22-9-7-6-8-19(22)2/h5-11,23,25,28,31H,1,12-18H2,2-4H3/t23-,25-,28+,29+,30-/m1/s1. The van der Waals surface area contributed by atoms with Crippen LogP contribution in [-0.2, 0) is 37.1 Å². The van der Waals surface area contributed by atoms with Crippen LogP contribution < -0.4 is 14.2 Å². The Balaban J connectivity index is 1.47. The number of carbonyl (C=O) groups is 1. The predicted molar refractivity (Wildman–Crippen MR) is 147 cm³/mol. The molecule has 1 spiro atoms. The molecule has 1 saturated heterocycles. The van der Waals surface area contributed by atoms with Gasteiger partial charge in [-0.1, -0.05) is 36.4 Å². The fraction of sp³-hybridized carbons (Fsp3) is 0.500. The number of methoxy groups -OCH3 is 1. The van der Waals surface area contributed by atoms with E-state index in [9.17, 15) is 13.2 Å². The van der Waals surface area contributed by atoms with Crippen molar-refractivity contribution in [3.63, 3.8) is 0 Å². The van der Waals surface area contributed by atoms with Crippen molar-refractivity contribution < 1.29 is 27.4 Å². The zero-order valence-electron chi connectivity index (χ0n) is 22.7. The van der Waals surface area contributed by atoms with E-state index >= 15 is 0 Å². The highest BCUT2D eigenvalue weighted by Crippen LogP contribution is 2.66. The molecular formula is C30H36N2O6S. The van der Waals surface area contributed by atoms with E-state index in [1.54, 1.807) is 7.11 Å². The zero-order valence-corrected chi connectivity index (χ0v) is 23.6. The first-order valence-electron chi connectivity index (χ1n) is 13.6. The number of esters is 1. The zero-order chi connectivity index (χ0) is 27.6. The van der Waals surface area contributed by atoms with Crippen LogP contribution in [-0.4, -0.2) is 63.3 Å². The van der Waals surface area contributed by atoms with Gasteiger partial charge in [0.2, 0.25) is 10.0 Å². The molecule has 9 heteroatoms.